The van der Waals surface area contributed by atoms with Crippen molar-refractivity contribution >= 4 is 16.5 Å². The van der Waals surface area contributed by atoms with Crippen LogP contribution in [0.15, 0.2) is 47.3 Å². The number of rotatable bonds is 5. The molecule has 1 aliphatic rings. The maximum Gasteiger partial charge on any atom is 0.256 e. The Hall–Kier alpha value is -2.90. The molecule has 2 heterocycles. The van der Waals surface area contributed by atoms with E-state index in [0.29, 0.717) is 36.6 Å². The van der Waals surface area contributed by atoms with Gasteiger partial charge in [0.05, 0.1) is 24.3 Å². The molecular weight excluding hydrogens is 361 g/mol. The highest BCUT2D eigenvalue weighted by atomic mass is 19.1. The summed E-state index contributed by atoms with van der Waals surface area (Å²) in [5.41, 5.74) is 7.71. The number of fused-ring (bicyclic) bond motifs is 1. The Morgan fingerprint density at radius 2 is 1.86 bits per heavy atom. The van der Waals surface area contributed by atoms with Crippen molar-refractivity contribution in [2.24, 2.45) is 5.73 Å². The minimum absolute atomic E-state index is 0.251. The Morgan fingerprint density at radius 3 is 2.57 bits per heavy atom. The summed E-state index contributed by atoms with van der Waals surface area (Å²) in [5.74, 6) is 0.0320. The number of nitrogens with zero attached hydrogens (tertiary/aromatic N) is 1. The molecule has 7 heteroatoms. The first kappa shape index (κ1) is 18.5. The highest BCUT2D eigenvalue weighted by Gasteiger charge is 2.16. The van der Waals surface area contributed by atoms with Crippen molar-refractivity contribution in [3.05, 3.63) is 58.6 Å². The topological polar surface area (TPSA) is 80.6 Å². The molecule has 1 fully saturated rings. The number of benzene rings is 2. The first-order valence-corrected chi connectivity index (χ1v) is 9.29. The Labute approximate surface area is 161 Å². The second kappa shape index (κ2) is 8.00. The molecule has 3 N–H and O–H groups in total. The molecule has 3 aromatic rings. The highest BCUT2D eigenvalue weighted by Crippen LogP contribution is 2.34. The fourth-order valence-electron chi connectivity index (χ4n) is 3.45. The van der Waals surface area contributed by atoms with Crippen LogP contribution in [0.4, 0.5) is 10.1 Å². The van der Waals surface area contributed by atoms with E-state index in [1.807, 2.05) is 24.3 Å². The normalized spacial score (nSPS) is 14.4. The van der Waals surface area contributed by atoms with Crippen molar-refractivity contribution in [3.63, 3.8) is 0 Å². The molecule has 6 nitrogen and oxygen atoms in total. The van der Waals surface area contributed by atoms with E-state index >= 15 is 0 Å². The number of H-pyrrole nitrogens is 1. The maximum absolute atomic E-state index is 13.6. The van der Waals surface area contributed by atoms with Gasteiger partial charge in [0.25, 0.3) is 5.56 Å². The minimum atomic E-state index is -0.467. The van der Waals surface area contributed by atoms with Crippen LogP contribution in [0.25, 0.3) is 22.0 Å². The lowest BCUT2D eigenvalue weighted by Crippen LogP contribution is -2.36. The summed E-state index contributed by atoms with van der Waals surface area (Å²) >= 11 is 0. The molecule has 28 heavy (non-hydrogen) atoms. The largest absolute Gasteiger partial charge is 0.489 e. The first-order valence-electron chi connectivity index (χ1n) is 9.29. The number of halogens is 1. The molecule has 0 radical (unpaired) electrons. The van der Waals surface area contributed by atoms with Crippen LogP contribution in [0.3, 0.4) is 0 Å². The van der Waals surface area contributed by atoms with Crippen LogP contribution in [0, 0.1) is 5.82 Å². The molecule has 0 unspecified atom stereocenters. The summed E-state index contributed by atoms with van der Waals surface area (Å²) in [6, 6.07) is 12.0. The maximum atomic E-state index is 13.6. The molecule has 2 aromatic carbocycles. The third-order valence-electron chi connectivity index (χ3n) is 4.83. The SMILES string of the molecule is NCCOc1c(-c2ccc(N3CCOCC3)cc2)[nH]c(=O)c2cc(F)ccc12. The Kier molecular flexibility index (Phi) is 5.27. The van der Waals surface area contributed by atoms with Crippen molar-refractivity contribution in [1.29, 1.82) is 0 Å². The molecule has 1 aliphatic heterocycles. The van der Waals surface area contributed by atoms with Gasteiger partial charge in [0.15, 0.2) is 5.75 Å². The standard InChI is InChI=1S/C21H22FN3O3/c22-15-3-6-17-18(13-15)21(26)24-19(20(17)28-10-7-23)14-1-4-16(5-2-14)25-8-11-27-12-9-25/h1-6,13H,7-12,23H2,(H,24,26). The van der Waals surface area contributed by atoms with Gasteiger partial charge in [-0.1, -0.05) is 12.1 Å². The van der Waals surface area contributed by atoms with Gasteiger partial charge in [0, 0.05) is 36.3 Å². The number of hydrogen-bond donors (Lipinski definition) is 2. The zero-order valence-corrected chi connectivity index (χ0v) is 15.4. The molecule has 0 amide bonds. The van der Waals surface area contributed by atoms with Crippen molar-refractivity contribution in [3.8, 4) is 17.0 Å². The van der Waals surface area contributed by atoms with E-state index in [1.165, 1.54) is 12.1 Å². The van der Waals surface area contributed by atoms with Gasteiger partial charge in [-0.25, -0.2) is 4.39 Å². The minimum Gasteiger partial charge on any atom is -0.489 e. The van der Waals surface area contributed by atoms with Crippen molar-refractivity contribution in [1.82, 2.24) is 4.98 Å². The Balaban J connectivity index is 1.78. The van der Waals surface area contributed by atoms with Gasteiger partial charge < -0.3 is 25.1 Å². The number of aromatic amines is 1. The van der Waals surface area contributed by atoms with Crippen molar-refractivity contribution in [2.75, 3.05) is 44.4 Å². The van der Waals surface area contributed by atoms with Crippen molar-refractivity contribution in [2.45, 2.75) is 0 Å². The van der Waals surface area contributed by atoms with Crippen LogP contribution in [0.5, 0.6) is 5.75 Å². The summed E-state index contributed by atoms with van der Waals surface area (Å²) < 4.78 is 24.9. The van der Waals surface area contributed by atoms with Crippen LogP contribution in [0.2, 0.25) is 0 Å². The van der Waals surface area contributed by atoms with E-state index in [-0.39, 0.29) is 17.6 Å². The predicted octanol–water partition coefficient (Wildman–Crippen LogP) is 2.51. The van der Waals surface area contributed by atoms with Crippen LogP contribution in [-0.4, -0.2) is 44.4 Å². The number of nitrogens with one attached hydrogen (secondary N) is 1. The van der Waals surface area contributed by atoms with Gasteiger partial charge in [-0.2, -0.15) is 0 Å². The summed E-state index contributed by atoms with van der Waals surface area (Å²) in [7, 11) is 0. The number of anilines is 1. The number of hydrogen-bond acceptors (Lipinski definition) is 5. The van der Waals surface area contributed by atoms with Crippen LogP contribution < -0.4 is 20.9 Å². The molecule has 0 spiro atoms. The molecule has 0 bridgehead atoms. The average molecular weight is 383 g/mol. The summed E-state index contributed by atoms with van der Waals surface area (Å²) in [6.07, 6.45) is 0. The van der Waals surface area contributed by atoms with Gasteiger partial charge in [-0.15, -0.1) is 0 Å². The third kappa shape index (κ3) is 3.58. The van der Waals surface area contributed by atoms with E-state index in [2.05, 4.69) is 9.88 Å². The Bertz CT molecular complexity index is 1030. The molecule has 146 valence electrons. The van der Waals surface area contributed by atoms with Crippen LogP contribution >= 0.6 is 0 Å². The summed E-state index contributed by atoms with van der Waals surface area (Å²) in [5, 5.41) is 0.812. The zero-order chi connectivity index (χ0) is 19.5. The molecule has 0 saturated carbocycles. The van der Waals surface area contributed by atoms with Gasteiger partial charge >= 0.3 is 0 Å². The molecule has 4 rings (SSSR count). The van der Waals surface area contributed by atoms with Crippen molar-refractivity contribution < 1.29 is 13.9 Å². The average Bonchev–Trinajstić information content (AvgIpc) is 2.74. The van der Waals surface area contributed by atoms with E-state index in [0.717, 1.165) is 24.3 Å². The Morgan fingerprint density at radius 1 is 1.11 bits per heavy atom. The van der Waals surface area contributed by atoms with Gasteiger partial charge in [-0.3, -0.25) is 4.79 Å². The third-order valence-corrected chi connectivity index (χ3v) is 4.83. The summed E-state index contributed by atoms with van der Waals surface area (Å²) in [4.78, 5) is 17.6. The van der Waals surface area contributed by atoms with E-state index in [9.17, 15) is 9.18 Å². The smallest absolute Gasteiger partial charge is 0.256 e. The van der Waals surface area contributed by atoms with E-state index in [4.69, 9.17) is 15.2 Å². The molecule has 0 aliphatic carbocycles. The number of nitrogens with two attached hydrogens (primary N) is 1. The monoisotopic (exact) mass is 383 g/mol. The quantitative estimate of drug-likeness (QED) is 0.708. The van der Waals surface area contributed by atoms with E-state index < -0.39 is 5.82 Å². The molecule has 1 aromatic heterocycles. The van der Waals surface area contributed by atoms with Crippen LogP contribution in [-0.2, 0) is 4.74 Å². The second-order valence-corrected chi connectivity index (χ2v) is 6.63. The second-order valence-electron chi connectivity index (χ2n) is 6.63. The fraction of sp³-hybridized carbons (Fsp3) is 0.286. The van der Waals surface area contributed by atoms with Gasteiger partial charge in [0.2, 0.25) is 0 Å². The number of morpholine rings is 1. The highest BCUT2D eigenvalue weighted by molar-refractivity contribution is 5.93. The van der Waals surface area contributed by atoms with E-state index in [1.54, 1.807) is 6.07 Å². The fourth-order valence-corrected chi connectivity index (χ4v) is 3.45. The van der Waals surface area contributed by atoms with Crippen LogP contribution in [0.1, 0.15) is 0 Å². The van der Waals surface area contributed by atoms with Gasteiger partial charge in [-0.05, 0) is 30.3 Å². The van der Waals surface area contributed by atoms with Gasteiger partial charge in [0.1, 0.15) is 12.4 Å². The number of aromatic nitrogens is 1. The molecular formula is C21H22FN3O3. The molecule has 0 atom stereocenters. The number of ether oxygens (including phenoxy) is 2. The lowest BCUT2D eigenvalue weighted by atomic mass is 10.0. The number of pyridine rings is 1. The summed E-state index contributed by atoms with van der Waals surface area (Å²) in [6.45, 7) is 3.75. The predicted molar refractivity (Wildman–Crippen MR) is 108 cm³/mol. The zero-order valence-electron chi connectivity index (χ0n) is 15.4. The lowest BCUT2D eigenvalue weighted by molar-refractivity contribution is 0.122. The first-order chi connectivity index (χ1) is 13.7. The lowest BCUT2D eigenvalue weighted by Gasteiger charge is -2.29. The molecule has 1 saturated heterocycles.